The van der Waals surface area contributed by atoms with E-state index in [9.17, 15) is 19.7 Å². The molecule has 0 aliphatic rings. The van der Waals surface area contributed by atoms with E-state index in [1.54, 1.807) is 31.2 Å². The summed E-state index contributed by atoms with van der Waals surface area (Å²) < 4.78 is 6.17. The number of carbonyl (C=O) groups excluding carboxylic acids is 1. The minimum Gasteiger partial charge on any atom is -0.462 e. The lowest BCUT2D eigenvalue weighted by Crippen LogP contribution is -2.20. The Morgan fingerprint density at radius 3 is 2.74 bits per heavy atom. The van der Waals surface area contributed by atoms with Crippen molar-refractivity contribution in [3.63, 3.8) is 0 Å². The van der Waals surface area contributed by atoms with Gasteiger partial charge in [0.1, 0.15) is 0 Å². The van der Waals surface area contributed by atoms with Crippen LogP contribution in [0, 0.1) is 17.0 Å². The highest BCUT2D eigenvalue weighted by atomic mass is 16.6. The van der Waals surface area contributed by atoms with E-state index in [-0.39, 0.29) is 24.4 Å². The second-order valence-corrected chi connectivity index (χ2v) is 4.99. The Bertz CT molecular complexity index is 810. The van der Waals surface area contributed by atoms with Crippen molar-refractivity contribution in [2.45, 2.75) is 20.4 Å². The third-order valence-electron chi connectivity index (χ3n) is 3.29. The summed E-state index contributed by atoms with van der Waals surface area (Å²) in [6.45, 7) is 3.64. The summed E-state index contributed by atoms with van der Waals surface area (Å²) >= 11 is 0. The Labute approximate surface area is 132 Å². The van der Waals surface area contributed by atoms with Gasteiger partial charge in [0.05, 0.1) is 29.8 Å². The summed E-state index contributed by atoms with van der Waals surface area (Å²) in [6, 6.07) is 7.86. The van der Waals surface area contributed by atoms with Crippen LogP contribution in [0.2, 0.25) is 0 Å². The number of hydrogen-bond donors (Lipinski definition) is 0. The highest BCUT2D eigenvalue weighted by Crippen LogP contribution is 2.15. The number of nitro groups is 1. The first-order valence-electron chi connectivity index (χ1n) is 7.04. The summed E-state index contributed by atoms with van der Waals surface area (Å²) in [6.07, 6.45) is 1.22. The molecule has 0 bridgehead atoms. The second kappa shape index (κ2) is 6.87. The quantitative estimate of drug-likeness (QED) is 0.479. The van der Waals surface area contributed by atoms with Crippen LogP contribution >= 0.6 is 0 Å². The molecule has 0 N–H and O–H groups in total. The van der Waals surface area contributed by atoms with Gasteiger partial charge in [-0.3, -0.25) is 14.9 Å². The third-order valence-corrected chi connectivity index (χ3v) is 3.29. The summed E-state index contributed by atoms with van der Waals surface area (Å²) in [5, 5.41) is 11.0. The molecule has 120 valence electrons. The molecule has 0 radical (unpaired) electrons. The number of nitrogens with zero attached hydrogens (tertiary/aromatic N) is 2. The van der Waals surface area contributed by atoms with Crippen LogP contribution in [-0.4, -0.2) is 22.1 Å². The molecule has 0 aliphatic heterocycles. The first kappa shape index (κ1) is 16.4. The van der Waals surface area contributed by atoms with Crippen LogP contribution in [-0.2, 0) is 11.3 Å². The van der Waals surface area contributed by atoms with Crippen molar-refractivity contribution in [1.82, 2.24) is 4.57 Å². The van der Waals surface area contributed by atoms with Gasteiger partial charge >= 0.3 is 5.97 Å². The maximum absolute atomic E-state index is 12.0. The van der Waals surface area contributed by atoms with Crippen LogP contribution in [0.3, 0.4) is 0 Å². The van der Waals surface area contributed by atoms with E-state index in [0.717, 1.165) is 0 Å². The lowest BCUT2D eigenvalue weighted by atomic mass is 10.1. The van der Waals surface area contributed by atoms with Gasteiger partial charge in [-0.1, -0.05) is 12.1 Å². The minimum absolute atomic E-state index is 0.119. The number of aromatic nitrogens is 1. The lowest BCUT2D eigenvalue weighted by Gasteiger charge is -2.08. The normalized spacial score (nSPS) is 10.3. The Kier molecular flexibility index (Phi) is 4.90. The van der Waals surface area contributed by atoms with Crippen molar-refractivity contribution in [2.24, 2.45) is 0 Å². The van der Waals surface area contributed by atoms with Crippen LogP contribution in [0.25, 0.3) is 0 Å². The molecule has 0 spiro atoms. The predicted octanol–water partition coefficient (Wildman–Crippen LogP) is 2.29. The van der Waals surface area contributed by atoms with Gasteiger partial charge in [-0.25, -0.2) is 4.79 Å². The molecule has 0 aliphatic carbocycles. The fourth-order valence-corrected chi connectivity index (χ4v) is 2.18. The highest BCUT2D eigenvalue weighted by molar-refractivity contribution is 5.89. The molecule has 2 rings (SSSR count). The van der Waals surface area contributed by atoms with Gasteiger partial charge in [-0.05, 0) is 31.5 Å². The lowest BCUT2D eigenvalue weighted by molar-refractivity contribution is -0.385. The molecule has 1 heterocycles. The van der Waals surface area contributed by atoms with Gasteiger partial charge in [-0.15, -0.1) is 0 Å². The number of esters is 1. The van der Waals surface area contributed by atoms with Crippen LogP contribution in [0.5, 0.6) is 0 Å². The van der Waals surface area contributed by atoms with E-state index in [2.05, 4.69) is 0 Å². The van der Waals surface area contributed by atoms with Gasteiger partial charge in [0, 0.05) is 11.6 Å². The average molecular weight is 316 g/mol. The van der Waals surface area contributed by atoms with E-state index in [1.165, 1.54) is 23.8 Å². The Hall–Kier alpha value is -2.96. The largest absolute Gasteiger partial charge is 0.462 e. The molecular formula is C16H16N2O5. The van der Waals surface area contributed by atoms with E-state index in [0.29, 0.717) is 16.7 Å². The van der Waals surface area contributed by atoms with Gasteiger partial charge in [0.2, 0.25) is 0 Å². The van der Waals surface area contributed by atoms with Gasteiger partial charge in [0.15, 0.2) is 0 Å². The fraction of sp³-hybridized carbons (Fsp3) is 0.250. The fourth-order valence-electron chi connectivity index (χ4n) is 2.18. The van der Waals surface area contributed by atoms with Gasteiger partial charge < -0.3 is 9.30 Å². The van der Waals surface area contributed by atoms with Crippen molar-refractivity contribution >= 4 is 11.7 Å². The number of aryl methyl sites for hydroxylation is 1. The van der Waals surface area contributed by atoms with Crippen LogP contribution < -0.4 is 5.56 Å². The Balaban J connectivity index is 2.34. The highest BCUT2D eigenvalue weighted by Gasteiger charge is 2.14. The molecule has 2 aromatic rings. The molecule has 1 aromatic heterocycles. The predicted molar refractivity (Wildman–Crippen MR) is 83.6 cm³/mol. The molecule has 0 amide bonds. The number of ether oxygens (including phenoxy) is 1. The van der Waals surface area contributed by atoms with Crippen molar-refractivity contribution < 1.29 is 14.5 Å². The molecule has 0 saturated carbocycles. The van der Waals surface area contributed by atoms with Crippen LogP contribution in [0.1, 0.15) is 28.4 Å². The first-order valence-corrected chi connectivity index (χ1v) is 7.04. The number of carbonyl (C=O) groups is 1. The van der Waals surface area contributed by atoms with E-state index < -0.39 is 10.9 Å². The summed E-state index contributed by atoms with van der Waals surface area (Å²) in [5.74, 6) is -0.448. The molecule has 23 heavy (non-hydrogen) atoms. The zero-order chi connectivity index (χ0) is 17.0. The molecule has 7 nitrogen and oxygen atoms in total. The van der Waals surface area contributed by atoms with Crippen LogP contribution in [0.15, 0.2) is 41.3 Å². The number of benzene rings is 1. The van der Waals surface area contributed by atoms with Crippen molar-refractivity contribution in [2.75, 3.05) is 6.61 Å². The molecule has 0 fully saturated rings. The maximum Gasteiger partial charge on any atom is 0.338 e. The standard InChI is InChI=1S/C16H16N2O5/c1-3-23-16(20)13-6-4-5-12(8-13)9-17-10-14(18(21)22)11(2)7-15(17)19/h4-8,10H,3,9H2,1-2H3. The summed E-state index contributed by atoms with van der Waals surface area (Å²) in [5.41, 5.74) is 0.909. The van der Waals surface area contributed by atoms with Gasteiger partial charge in [-0.2, -0.15) is 0 Å². The molecule has 7 heteroatoms. The summed E-state index contributed by atoms with van der Waals surface area (Å²) in [7, 11) is 0. The third kappa shape index (κ3) is 3.82. The molecule has 0 saturated heterocycles. The monoisotopic (exact) mass is 316 g/mol. The maximum atomic E-state index is 12.0. The van der Waals surface area contributed by atoms with Crippen LogP contribution in [0.4, 0.5) is 5.69 Å². The average Bonchev–Trinajstić information content (AvgIpc) is 2.50. The topological polar surface area (TPSA) is 91.4 Å². The summed E-state index contributed by atoms with van der Waals surface area (Å²) in [4.78, 5) is 34.2. The van der Waals surface area contributed by atoms with Crippen molar-refractivity contribution in [1.29, 1.82) is 0 Å². The van der Waals surface area contributed by atoms with E-state index >= 15 is 0 Å². The number of hydrogen-bond acceptors (Lipinski definition) is 5. The smallest absolute Gasteiger partial charge is 0.338 e. The zero-order valence-electron chi connectivity index (χ0n) is 12.8. The van der Waals surface area contributed by atoms with E-state index in [1.807, 2.05) is 0 Å². The second-order valence-electron chi connectivity index (χ2n) is 4.99. The molecule has 0 atom stereocenters. The molecule has 0 unspecified atom stereocenters. The molecule has 1 aromatic carbocycles. The first-order chi connectivity index (χ1) is 10.9. The van der Waals surface area contributed by atoms with Crippen molar-refractivity contribution in [3.05, 3.63) is 73.7 Å². The van der Waals surface area contributed by atoms with Crippen molar-refractivity contribution in [3.8, 4) is 0 Å². The van der Waals surface area contributed by atoms with E-state index in [4.69, 9.17) is 4.74 Å². The minimum atomic E-state index is -0.527. The van der Waals surface area contributed by atoms with Gasteiger partial charge in [0.25, 0.3) is 11.2 Å². The number of rotatable bonds is 5. The Morgan fingerprint density at radius 1 is 1.35 bits per heavy atom. The molecular weight excluding hydrogens is 300 g/mol. The Morgan fingerprint density at radius 2 is 2.09 bits per heavy atom. The zero-order valence-corrected chi connectivity index (χ0v) is 12.8. The number of pyridine rings is 1. The SMILES string of the molecule is CCOC(=O)c1cccc(Cn2cc([N+](=O)[O-])c(C)cc2=O)c1.